The number of methoxy groups -OCH3 is 2. The molecule has 130 valence electrons. The Morgan fingerprint density at radius 3 is 2.28 bits per heavy atom. The average molecular weight is 338 g/mol. The number of aromatic nitrogens is 1. The number of rotatable bonds is 6. The van der Waals surface area contributed by atoms with E-state index in [1.807, 2.05) is 60.6 Å². The molecule has 25 heavy (non-hydrogen) atoms. The van der Waals surface area contributed by atoms with Crippen LogP contribution in [0.2, 0.25) is 0 Å². The second-order valence-electron chi connectivity index (χ2n) is 5.78. The first-order valence-electron chi connectivity index (χ1n) is 8.11. The minimum absolute atomic E-state index is 0.0733. The Morgan fingerprint density at radius 1 is 0.960 bits per heavy atom. The summed E-state index contributed by atoms with van der Waals surface area (Å²) >= 11 is 0. The van der Waals surface area contributed by atoms with E-state index in [9.17, 15) is 5.11 Å². The lowest BCUT2D eigenvalue weighted by Gasteiger charge is -2.20. The number of aliphatic hydroxyl groups is 1. The molecule has 0 unspecified atom stereocenters. The Bertz CT molecular complexity index is 863. The number of nitrogens with zero attached hydrogens (tertiary/aromatic N) is 2. The van der Waals surface area contributed by atoms with E-state index in [-0.39, 0.29) is 6.61 Å². The molecule has 0 aliphatic carbocycles. The van der Waals surface area contributed by atoms with E-state index in [0.29, 0.717) is 6.54 Å². The van der Waals surface area contributed by atoms with Gasteiger partial charge in [-0.15, -0.1) is 0 Å². The Kier molecular flexibility index (Phi) is 5.05. The lowest BCUT2D eigenvalue weighted by molar-refractivity contribution is 0.304. The maximum absolute atomic E-state index is 9.25. The zero-order valence-electron chi connectivity index (χ0n) is 14.7. The van der Waals surface area contributed by atoms with Crippen LogP contribution in [0.1, 0.15) is 0 Å². The number of benzene rings is 2. The van der Waals surface area contributed by atoms with Crippen molar-refractivity contribution in [1.82, 2.24) is 4.98 Å². The minimum atomic E-state index is 0.0733. The summed E-state index contributed by atoms with van der Waals surface area (Å²) < 4.78 is 10.6. The maximum atomic E-state index is 9.25. The van der Waals surface area contributed by atoms with E-state index in [2.05, 4.69) is 4.98 Å². The van der Waals surface area contributed by atoms with Gasteiger partial charge in [0.05, 0.1) is 20.8 Å². The van der Waals surface area contributed by atoms with Crippen LogP contribution in [0.25, 0.3) is 21.9 Å². The molecule has 0 radical (unpaired) electrons. The molecule has 5 heteroatoms. The van der Waals surface area contributed by atoms with Crippen molar-refractivity contribution in [2.45, 2.75) is 0 Å². The van der Waals surface area contributed by atoms with Crippen molar-refractivity contribution in [2.75, 3.05) is 39.3 Å². The van der Waals surface area contributed by atoms with Crippen LogP contribution in [-0.4, -0.2) is 44.5 Å². The molecule has 1 heterocycles. The Labute approximate surface area is 147 Å². The highest BCUT2D eigenvalue weighted by Crippen LogP contribution is 2.35. The largest absolute Gasteiger partial charge is 0.497 e. The van der Waals surface area contributed by atoms with Gasteiger partial charge in [0.1, 0.15) is 17.3 Å². The second kappa shape index (κ2) is 7.40. The summed E-state index contributed by atoms with van der Waals surface area (Å²) in [5.41, 5.74) is 2.11. The number of likely N-dealkylation sites (N-methyl/N-ethyl adjacent to an activating group) is 1. The molecular formula is C20H22N2O3. The van der Waals surface area contributed by atoms with Crippen LogP contribution in [0.5, 0.6) is 11.5 Å². The molecule has 0 fully saturated rings. The topological polar surface area (TPSA) is 54.8 Å². The zero-order chi connectivity index (χ0) is 17.8. The van der Waals surface area contributed by atoms with E-state index in [0.717, 1.165) is 39.2 Å². The average Bonchev–Trinajstić information content (AvgIpc) is 2.67. The fourth-order valence-electron chi connectivity index (χ4n) is 2.90. The third-order valence-corrected chi connectivity index (χ3v) is 4.27. The number of ether oxygens (including phenoxy) is 2. The maximum Gasteiger partial charge on any atom is 0.136 e. The van der Waals surface area contributed by atoms with E-state index in [4.69, 9.17) is 9.47 Å². The molecule has 2 aromatic carbocycles. The van der Waals surface area contributed by atoms with Crippen LogP contribution in [0.15, 0.2) is 48.7 Å². The predicted octanol–water partition coefficient (Wildman–Crippen LogP) is 3.35. The smallest absolute Gasteiger partial charge is 0.136 e. The van der Waals surface area contributed by atoms with E-state index in [1.54, 1.807) is 14.2 Å². The van der Waals surface area contributed by atoms with E-state index >= 15 is 0 Å². The number of hydrogen-bond donors (Lipinski definition) is 1. The molecule has 1 N–H and O–H groups in total. The molecule has 1 aromatic heterocycles. The van der Waals surface area contributed by atoms with Gasteiger partial charge >= 0.3 is 0 Å². The van der Waals surface area contributed by atoms with Crippen molar-refractivity contribution in [3.63, 3.8) is 0 Å². The molecule has 3 aromatic rings. The molecule has 0 aliphatic rings. The van der Waals surface area contributed by atoms with E-state index < -0.39 is 0 Å². The Hall–Kier alpha value is -2.79. The van der Waals surface area contributed by atoms with Gasteiger partial charge in [-0.25, -0.2) is 4.98 Å². The molecular weight excluding hydrogens is 316 g/mol. The lowest BCUT2D eigenvalue weighted by atomic mass is 10.00. The summed E-state index contributed by atoms with van der Waals surface area (Å²) in [7, 11) is 5.23. The van der Waals surface area contributed by atoms with Gasteiger partial charge in [0.2, 0.25) is 0 Å². The summed E-state index contributed by atoms with van der Waals surface area (Å²) in [6.45, 7) is 0.588. The summed E-state index contributed by atoms with van der Waals surface area (Å²) in [5.74, 6) is 2.42. The van der Waals surface area contributed by atoms with E-state index in [1.165, 1.54) is 0 Å². The van der Waals surface area contributed by atoms with Crippen LogP contribution in [0.3, 0.4) is 0 Å². The molecule has 0 saturated carbocycles. The van der Waals surface area contributed by atoms with Gasteiger partial charge in [0, 0.05) is 30.7 Å². The molecule has 0 aliphatic heterocycles. The first-order chi connectivity index (χ1) is 12.2. The third-order valence-electron chi connectivity index (χ3n) is 4.27. The van der Waals surface area contributed by atoms with Gasteiger partial charge < -0.3 is 19.5 Å². The SMILES string of the molecule is COc1ccc(-c2cnc(N(C)CCO)c3cc(OC)ccc23)cc1. The van der Waals surface area contributed by atoms with Crippen molar-refractivity contribution in [3.8, 4) is 22.6 Å². The van der Waals surface area contributed by atoms with Gasteiger partial charge in [-0.1, -0.05) is 12.1 Å². The monoisotopic (exact) mass is 338 g/mol. The van der Waals surface area contributed by atoms with Crippen molar-refractivity contribution < 1.29 is 14.6 Å². The van der Waals surface area contributed by atoms with Crippen LogP contribution in [0.4, 0.5) is 5.82 Å². The summed E-state index contributed by atoms with van der Waals surface area (Å²) in [4.78, 5) is 6.59. The molecule has 0 saturated heterocycles. The van der Waals surface area contributed by atoms with Crippen molar-refractivity contribution >= 4 is 16.6 Å². The fourth-order valence-corrected chi connectivity index (χ4v) is 2.90. The van der Waals surface area contributed by atoms with Gasteiger partial charge in [-0.05, 0) is 41.3 Å². The first-order valence-corrected chi connectivity index (χ1v) is 8.11. The summed E-state index contributed by atoms with van der Waals surface area (Å²) in [6.07, 6.45) is 1.87. The number of anilines is 1. The molecule has 0 bridgehead atoms. The highest BCUT2D eigenvalue weighted by molar-refractivity contribution is 6.02. The number of aliphatic hydroxyl groups excluding tert-OH is 1. The third kappa shape index (κ3) is 3.37. The normalized spacial score (nSPS) is 10.7. The van der Waals surface area contributed by atoms with Crippen LogP contribution in [0, 0.1) is 0 Å². The first kappa shape index (κ1) is 17.0. The second-order valence-corrected chi connectivity index (χ2v) is 5.78. The number of pyridine rings is 1. The Balaban J connectivity index is 2.18. The van der Waals surface area contributed by atoms with Gasteiger partial charge in [0.25, 0.3) is 0 Å². The Morgan fingerprint density at radius 2 is 1.64 bits per heavy atom. The van der Waals surface area contributed by atoms with Gasteiger partial charge in [0.15, 0.2) is 0 Å². The summed E-state index contributed by atoms with van der Waals surface area (Å²) in [5, 5.41) is 11.3. The minimum Gasteiger partial charge on any atom is -0.497 e. The number of fused-ring (bicyclic) bond motifs is 1. The zero-order valence-corrected chi connectivity index (χ0v) is 14.7. The highest BCUT2D eigenvalue weighted by atomic mass is 16.5. The van der Waals surface area contributed by atoms with Crippen LogP contribution >= 0.6 is 0 Å². The number of hydrogen-bond acceptors (Lipinski definition) is 5. The molecule has 3 rings (SSSR count). The standard InChI is InChI=1S/C20H22N2O3/c1-22(10-11-23)20-18-12-16(25-3)8-9-17(18)19(13-21-20)14-4-6-15(24-2)7-5-14/h4-9,12-13,23H,10-11H2,1-3H3. The fraction of sp³-hybridized carbons (Fsp3) is 0.250. The predicted molar refractivity (Wildman–Crippen MR) is 101 cm³/mol. The van der Waals surface area contributed by atoms with Crippen LogP contribution in [-0.2, 0) is 0 Å². The molecule has 5 nitrogen and oxygen atoms in total. The lowest BCUT2D eigenvalue weighted by Crippen LogP contribution is -2.22. The van der Waals surface area contributed by atoms with Gasteiger partial charge in [-0.2, -0.15) is 0 Å². The highest BCUT2D eigenvalue weighted by Gasteiger charge is 2.13. The molecule has 0 amide bonds. The molecule has 0 spiro atoms. The van der Waals surface area contributed by atoms with Gasteiger partial charge in [-0.3, -0.25) is 0 Å². The summed E-state index contributed by atoms with van der Waals surface area (Å²) in [6, 6.07) is 13.9. The van der Waals surface area contributed by atoms with Crippen molar-refractivity contribution in [2.24, 2.45) is 0 Å². The van der Waals surface area contributed by atoms with Crippen molar-refractivity contribution in [3.05, 3.63) is 48.7 Å². The van der Waals surface area contributed by atoms with Crippen molar-refractivity contribution in [1.29, 1.82) is 0 Å². The molecule has 0 atom stereocenters. The van der Waals surface area contributed by atoms with Crippen LogP contribution < -0.4 is 14.4 Å². The quantitative estimate of drug-likeness (QED) is 0.747.